The van der Waals surface area contributed by atoms with E-state index in [1.165, 1.54) is 17.8 Å². The Bertz CT molecular complexity index is 2170. The van der Waals surface area contributed by atoms with Crippen molar-refractivity contribution in [2.45, 2.75) is 63.6 Å². The molecule has 1 atom stereocenters. The average Bonchev–Trinajstić information content (AvgIpc) is 3.27. The van der Waals surface area contributed by atoms with Crippen LogP contribution in [0, 0.1) is 0 Å². The van der Waals surface area contributed by atoms with E-state index in [0.29, 0.717) is 32.2 Å². The molecule has 66 heavy (non-hydrogen) atoms. The van der Waals surface area contributed by atoms with E-state index in [4.69, 9.17) is 36.1 Å². The second-order valence-electron chi connectivity index (χ2n) is 15.7. The molecule has 0 radical (unpaired) electrons. The molecular weight excluding hydrogens is 907 g/mol. The lowest BCUT2D eigenvalue weighted by Crippen LogP contribution is -2.50. The lowest BCUT2D eigenvalue weighted by molar-refractivity contribution is -0.137. The van der Waals surface area contributed by atoms with Gasteiger partial charge in [-0.2, -0.15) is 30.0 Å². The minimum Gasteiger partial charge on any atom is -0.444 e. The summed E-state index contributed by atoms with van der Waals surface area (Å²) in [6, 6.07) is 14.1. The Morgan fingerprint density at radius 3 is 2.32 bits per heavy atom. The Kier molecular flexibility index (Phi) is 21.8. The van der Waals surface area contributed by atoms with E-state index < -0.39 is 52.2 Å². The Morgan fingerprint density at radius 1 is 0.909 bits per heavy atom. The van der Waals surface area contributed by atoms with E-state index in [1.807, 2.05) is 6.07 Å². The highest BCUT2D eigenvalue weighted by Crippen LogP contribution is 2.35. The number of halogens is 4. The molecule has 17 nitrogen and oxygen atoms in total. The lowest BCUT2D eigenvalue weighted by Gasteiger charge is -2.29. The molecule has 0 spiro atoms. The summed E-state index contributed by atoms with van der Waals surface area (Å²) in [4.78, 5) is 58.0. The van der Waals surface area contributed by atoms with Crippen LogP contribution in [-0.4, -0.2) is 113 Å². The molecule has 3 aromatic carbocycles. The highest BCUT2D eigenvalue weighted by Gasteiger charge is 2.33. The highest BCUT2D eigenvalue weighted by atomic mass is 35.5. The fourth-order valence-electron chi connectivity index (χ4n) is 6.23. The van der Waals surface area contributed by atoms with Crippen LogP contribution in [0.3, 0.4) is 0 Å². The van der Waals surface area contributed by atoms with Gasteiger partial charge in [0.25, 0.3) is 11.8 Å². The molecule has 358 valence electrons. The second kappa shape index (κ2) is 27.2. The van der Waals surface area contributed by atoms with Crippen molar-refractivity contribution < 1.29 is 51.3 Å². The van der Waals surface area contributed by atoms with Crippen molar-refractivity contribution in [2.24, 2.45) is 10.2 Å². The van der Waals surface area contributed by atoms with Gasteiger partial charge in [-0.25, -0.2) is 10.2 Å². The summed E-state index contributed by atoms with van der Waals surface area (Å²) >= 11 is 7.08. The third-order valence-corrected chi connectivity index (χ3v) is 10.8. The van der Waals surface area contributed by atoms with Crippen LogP contribution in [0.15, 0.2) is 70.9 Å². The summed E-state index contributed by atoms with van der Waals surface area (Å²) in [5.74, 6) is -1.15. The van der Waals surface area contributed by atoms with Crippen LogP contribution in [0.1, 0.15) is 77.4 Å². The number of azide groups is 1. The number of amides is 4. The third kappa shape index (κ3) is 19.1. The Labute approximate surface area is 390 Å². The summed E-state index contributed by atoms with van der Waals surface area (Å²) in [6.45, 7) is 8.88. The Morgan fingerprint density at radius 2 is 1.62 bits per heavy atom. The van der Waals surface area contributed by atoms with Gasteiger partial charge in [0.05, 0.1) is 67.7 Å². The molecule has 1 aliphatic rings. The van der Waals surface area contributed by atoms with Crippen molar-refractivity contribution in [3.63, 3.8) is 0 Å². The van der Waals surface area contributed by atoms with Gasteiger partial charge >= 0.3 is 12.3 Å². The largest absolute Gasteiger partial charge is 0.444 e. The predicted molar refractivity (Wildman–Crippen MR) is 247 cm³/mol. The summed E-state index contributed by atoms with van der Waals surface area (Å²) in [5.41, 5.74) is 10.9. The van der Waals surface area contributed by atoms with Gasteiger partial charge in [-0.05, 0) is 99.2 Å². The summed E-state index contributed by atoms with van der Waals surface area (Å²) in [5, 5.41) is 15.0. The second-order valence-corrected chi connectivity index (χ2v) is 17.1. The molecule has 4 N–H and O–H groups in total. The van der Waals surface area contributed by atoms with Gasteiger partial charge in [0, 0.05) is 53.8 Å². The molecule has 1 fully saturated rings. The zero-order valence-corrected chi connectivity index (χ0v) is 38.5. The number of nitrogens with one attached hydrogen (secondary N) is 4. The van der Waals surface area contributed by atoms with E-state index in [9.17, 15) is 32.3 Å². The number of thioether (sulfide) groups is 1. The van der Waals surface area contributed by atoms with Crippen LogP contribution in [0.2, 0.25) is 5.02 Å². The SMILES string of the molecule is CC(C)(C)OC(=O)N[C@@H](CSCc1cccc(C(=O)Nc2ccc(N3CCCCC3)cc2C(=O)NN=Cc2ccc(Cl)c(C(F)(F)F)c2)c1)C(=O)NCCOCCOCCOCCN=[N+]=[N-]. The van der Waals surface area contributed by atoms with Crippen LogP contribution in [0.25, 0.3) is 10.4 Å². The van der Waals surface area contributed by atoms with Crippen molar-refractivity contribution in [3.8, 4) is 0 Å². The van der Waals surface area contributed by atoms with Crippen LogP contribution < -0.4 is 26.3 Å². The number of benzene rings is 3. The van der Waals surface area contributed by atoms with E-state index in [1.54, 1.807) is 57.2 Å². The van der Waals surface area contributed by atoms with E-state index >= 15 is 0 Å². The van der Waals surface area contributed by atoms with E-state index in [0.717, 1.165) is 62.0 Å². The van der Waals surface area contributed by atoms with Crippen LogP contribution in [0.4, 0.5) is 29.3 Å². The molecule has 0 aromatic heterocycles. The molecule has 4 rings (SSSR count). The number of alkyl halides is 3. The molecule has 4 amide bonds. The fourth-order valence-corrected chi connectivity index (χ4v) is 7.46. The van der Waals surface area contributed by atoms with Gasteiger partial charge in [0.1, 0.15) is 11.6 Å². The molecule has 0 bridgehead atoms. The van der Waals surface area contributed by atoms with Gasteiger partial charge in [-0.1, -0.05) is 34.9 Å². The maximum Gasteiger partial charge on any atom is 0.417 e. The molecule has 1 aliphatic heterocycles. The molecule has 1 heterocycles. The summed E-state index contributed by atoms with van der Waals surface area (Å²) in [7, 11) is 0. The highest BCUT2D eigenvalue weighted by molar-refractivity contribution is 7.98. The van der Waals surface area contributed by atoms with Crippen LogP contribution in [0.5, 0.6) is 0 Å². The molecule has 3 aromatic rings. The number of ether oxygens (including phenoxy) is 4. The van der Waals surface area contributed by atoms with E-state index in [-0.39, 0.29) is 54.4 Å². The molecule has 0 unspecified atom stereocenters. The topological polar surface area (TPSA) is 218 Å². The van der Waals surface area contributed by atoms with Gasteiger partial charge in [0.2, 0.25) is 5.91 Å². The predicted octanol–water partition coefficient (Wildman–Crippen LogP) is 7.97. The van der Waals surface area contributed by atoms with E-state index in [2.05, 4.69) is 41.4 Å². The van der Waals surface area contributed by atoms with Crippen LogP contribution >= 0.6 is 23.4 Å². The number of carbonyl (C=O) groups excluding carboxylic acids is 4. The monoisotopic (exact) mass is 961 g/mol. The molecule has 1 saturated heterocycles. The van der Waals surface area contributed by atoms with Crippen LogP contribution in [-0.2, 0) is 35.7 Å². The minimum atomic E-state index is -4.68. The Hall–Kier alpha value is -5.57. The fraction of sp³-hybridized carbons (Fsp3) is 0.477. The Balaban J connectivity index is 1.36. The number of rotatable bonds is 24. The number of piperidine rings is 1. The first-order valence-corrected chi connectivity index (χ1v) is 22.7. The summed E-state index contributed by atoms with van der Waals surface area (Å²) < 4.78 is 61.8. The lowest BCUT2D eigenvalue weighted by atomic mass is 10.1. The van der Waals surface area contributed by atoms with Crippen molar-refractivity contribution in [1.82, 2.24) is 16.1 Å². The quantitative estimate of drug-likeness (QED) is 0.0170. The standard InChI is InChI=1S/C44H55ClF3N9O8S/c1-43(2,3)65-42(61)54-38(41(60)50-14-18-62-20-22-64-23-21-63-19-15-51-56-49)29-66-28-31-8-7-9-32(24-31)39(58)53-37-13-11-33(57-16-5-4-6-17-57)26-34(37)40(59)55-52-27-30-10-12-36(45)35(25-30)44(46,47)48/h7-13,24-27,38H,4-6,14-23,28-29H2,1-3H3,(H,50,60)(H,53,58)(H,54,61)(H,55,59)/t38-/m0/s1. The number of hydrogen-bond donors (Lipinski definition) is 4. The number of hydrogen-bond acceptors (Lipinski definition) is 12. The average molecular weight is 962 g/mol. The number of nitrogens with zero attached hydrogens (tertiary/aromatic N) is 5. The summed E-state index contributed by atoms with van der Waals surface area (Å²) in [6.07, 6.45) is -1.34. The third-order valence-electron chi connectivity index (χ3n) is 9.33. The van der Waals surface area contributed by atoms with Gasteiger partial charge in [-0.15, -0.1) is 0 Å². The normalized spacial score (nSPS) is 13.4. The maximum absolute atomic E-state index is 13.7. The molecular formula is C44H55ClF3N9O8S. The number of anilines is 2. The van der Waals surface area contributed by atoms with Crippen molar-refractivity contribution in [3.05, 3.63) is 104 Å². The van der Waals surface area contributed by atoms with Crippen molar-refractivity contribution >= 4 is 64.8 Å². The van der Waals surface area contributed by atoms with Gasteiger partial charge in [0.15, 0.2) is 0 Å². The van der Waals surface area contributed by atoms with Gasteiger partial charge in [-0.3, -0.25) is 14.4 Å². The first-order valence-electron chi connectivity index (χ1n) is 21.1. The number of alkyl carbamates (subject to hydrolysis) is 1. The molecule has 0 aliphatic carbocycles. The first-order chi connectivity index (χ1) is 31.5. The maximum atomic E-state index is 13.7. The van der Waals surface area contributed by atoms with Crippen molar-refractivity contribution in [2.75, 3.05) is 81.8 Å². The minimum absolute atomic E-state index is 0.0551. The number of hydrazone groups is 1. The van der Waals surface area contributed by atoms with Crippen molar-refractivity contribution in [1.29, 1.82) is 0 Å². The number of carbonyl (C=O) groups is 4. The van der Waals surface area contributed by atoms with Gasteiger partial charge < -0.3 is 39.8 Å². The molecule has 0 saturated carbocycles. The zero-order valence-electron chi connectivity index (χ0n) is 37.0. The molecule has 22 heteroatoms. The zero-order chi connectivity index (χ0) is 48.0. The first kappa shape index (κ1) is 53.0. The smallest absolute Gasteiger partial charge is 0.417 e.